The second-order valence-corrected chi connectivity index (χ2v) is 7.61. The molecule has 0 spiro atoms. The maximum atomic E-state index is 12.5. The molecule has 1 aliphatic carbocycles. The minimum Gasteiger partial charge on any atom is -0.461 e. The van der Waals surface area contributed by atoms with E-state index in [0.29, 0.717) is 0 Å². The quantitative estimate of drug-likeness (QED) is 0.444. The number of aromatic nitrogens is 4. The summed E-state index contributed by atoms with van der Waals surface area (Å²) in [5, 5.41) is 4.65. The number of nitrogens with zero attached hydrogens (tertiary/aromatic N) is 4. The summed E-state index contributed by atoms with van der Waals surface area (Å²) in [4.78, 5) is 17.1. The van der Waals surface area contributed by atoms with Crippen LogP contribution in [0.2, 0.25) is 0 Å². The van der Waals surface area contributed by atoms with Crippen molar-refractivity contribution in [2.75, 3.05) is 0 Å². The van der Waals surface area contributed by atoms with Gasteiger partial charge in [-0.1, -0.05) is 30.3 Å². The number of carbonyl (C=O) groups excluding carboxylic acids is 1. The lowest BCUT2D eigenvalue weighted by Gasteiger charge is -2.07. The molecular weight excluding hydrogens is 364 g/mol. The van der Waals surface area contributed by atoms with E-state index in [1.807, 2.05) is 60.6 Å². The highest BCUT2D eigenvalue weighted by atomic mass is 16.5. The summed E-state index contributed by atoms with van der Waals surface area (Å²) in [6.45, 7) is 2.22. The Morgan fingerprint density at radius 2 is 2.00 bits per heavy atom. The summed E-state index contributed by atoms with van der Waals surface area (Å²) in [7, 11) is 3.88. The Hall–Kier alpha value is -3.41. The van der Waals surface area contributed by atoms with Gasteiger partial charge < -0.3 is 9.30 Å². The molecule has 0 N–H and O–H groups in total. The zero-order valence-corrected chi connectivity index (χ0v) is 16.8. The Labute approximate surface area is 168 Å². The van der Waals surface area contributed by atoms with E-state index < -0.39 is 0 Å². The van der Waals surface area contributed by atoms with Crippen molar-refractivity contribution in [2.45, 2.75) is 26.4 Å². The smallest absolute Gasteiger partial charge is 0.312 e. The van der Waals surface area contributed by atoms with Gasteiger partial charge in [-0.25, -0.2) is 4.98 Å². The van der Waals surface area contributed by atoms with Crippen molar-refractivity contribution in [3.8, 4) is 11.3 Å². The molecule has 0 atom stereocenters. The van der Waals surface area contributed by atoms with E-state index in [2.05, 4.69) is 22.2 Å². The highest BCUT2D eigenvalue weighted by molar-refractivity contribution is 5.79. The predicted octanol–water partition coefficient (Wildman–Crippen LogP) is 3.47. The van der Waals surface area contributed by atoms with Gasteiger partial charge in [0.25, 0.3) is 0 Å². The standard InChI is InChI=1S/C23H22N4O2/c1-14-24-19-10-15(8-9-20(19)26(14)2)13-29-22(28)12-21-18-11-16-6-4-5-7-17(16)23(18)25-27(21)3/h4-10H,11-13H2,1-3H3. The van der Waals surface area contributed by atoms with Crippen LogP contribution >= 0.6 is 0 Å². The van der Waals surface area contributed by atoms with E-state index in [-0.39, 0.29) is 19.0 Å². The number of benzene rings is 2. The van der Waals surface area contributed by atoms with E-state index in [1.54, 1.807) is 0 Å². The number of aryl methyl sites for hydroxylation is 3. The molecule has 0 fully saturated rings. The lowest BCUT2D eigenvalue weighted by molar-refractivity contribution is -0.144. The first kappa shape index (κ1) is 17.7. The fraction of sp³-hybridized carbons (Fsp3) is 0.261. The maximum absolute atomic E-state index is 12.5. The number of ether oxygens (including phenoxy) is 1. The Morgan fingerprint density at radius 1 is 1.17 bits per heavy atom. The van der Waals surface area contributed by atoms with Crippen molar-refractivity contribution in [1.82, 2.24) is 19.3 Å². The van der Waals surface area contributed by atoms with Crippen molar-refractivity contribution < 1.29 is 9.53 Å². The van der Waals surface area contributed by atoms with Gasteiger partial charge in [-0.3, -0.25) is 9.48 Å². The zero-order chi connectivity index (χ0) is 20.1. The molecule has 6 nitrogen and oxygen atoms in total. The number of imidazole rings is 1. The van der Waals surface area contributed by atoms with Crippen LogP contribution in [-0.2, 0) is 43.1 Å². The second kappa shape index (κ2) is 6.58. The molecule has 0 bridgehead atoms. The molecule has 1 aliphatic rings. The largest absolute Gasteiger partial charge is 0.461 e. The minimum atomic E-state index is -0.246. The molecule has 0 radical (unpaired) electrons. The van der Waals surface area contributed by atoms with Crippen LogP contribution in [0, 0.1) is 6.92 Å². The van der Waals surface area contributed by atoms with Gasteiger partial charge >= 0.3 is 5.97 Å². The molecule has 29 heavy (non-hydrogen) atoms. The first-order chi connectivity index (χ1) is 14.0. The highest BCUT2D eigenvalue weighted by Gasteiger charge is 2.27. The molecule has 2 aromatic heterocycles. The van der Waals surface area contributed by atoms with Gasteiger partial charge in [0.1, 0.15) is 12.4 Å². The molecule has 0 saturated heterocycles. The van der Waals surface area contributed by atoms with Gasteiger partial charge in [-0.2, -0.15) is 5.10 Å². The Kier molecular flexibility index (Phi) is 4.01. The van der Waals surface area contributed by atoms with Crippen molar-refractivity contribution in [2.24, 2.45) is 14.1 Å². The van der Waals surface area contributed by atoms with Crippen LogP contribution in [0.25, 0.3) is 22.3 Å². The highest BCUT2D eigenvalue weighted by Crippen LogP contribution is 2.37. The third kappa shape index (κ3) is 2.92. The Balaban J connectivity index is 1.30. The number of hydrogen-bond donors (Lipinski definition) is 0. The van der Waals surface area contributed by atoms with E-state index in [0.717, 1.165) is 51.4 Å². The first-order valence-electron chi connectivity index (χ1n) is 9.72. The van der Waals surface area contributed by atoms with Crippen LogP contribution in [-0.4, -0.2) is 25.3 Å². The summed E-state index contributed by atoms with van der Waals surface area (Å²) in [5.74, 6) is 0.712. The van der Waals surface area contributed by atoms with Crippen LogP contribution in [0.5, 0.6) is 0 Å². The van der Waals surface area contributed by atoms with Crippen LogP contribution in [0.3, 0.4) is 0 Å². The molecule has 0 saturated carbocycles. The number of hydrogen-bond acceptors (Lipinski definition) is 4. The SMILES string of the molecule is Cc1nc2cc(COC(=O)Cc3c4c(nn3C)-c3ccccc3C4)ccc2n1C. The number of carbonyl (C=O) groups is 1. The maximum Gasteiger partial charge on any atom is 0.312 e. The Morgan fingerprint density at radius 3 is 2.86 bits per heavy atom. The average molecular weight is 386 g/mol. The summed E-state index contributed by atoms with van der Waals surface area (Å²) in [6, 6.07) is 14.3. The van der Waals surface area contributed by atoms with Crippen LogP contribution in [0.15, 0.2) is 42.5 Å². The zero-order valence-electron chi connectivity index (χ0n) is 16.8. The topological polar surface area (TPSA) is 61.9 Å². The van der Waals surface area contributed by atoms with E-state index in [1.165, 1.54) is 5.56 Å². The molecule has 6 heteroatoms. The third-order valence-corrected chi connectivity index (χ3v) is 5.79. The van der Waals surface area contributed by atoms with Crippen molar-refractivity contribution >= 4 is 17.0 Å². The summed E-state index contributed by atoms with van der Waals surface area (Å²) in [6.07, 6.45) is 1.04. The average Bonchev–Trinajstić information content (AvgIpc) is 3.31. The summed E-state index contributed by atoms with van der Waals surface area (Å²) < 4.78 is 9.42. The first-order valence-corrected chi connectivity index (χ1v) is 9.72. The van der Waals surface area contributed by atoms with Gasteiger partial charge in [0.15, 0.2) is 0 Å². The monoisotopic (exact) mass is 386 g/mol. The van der Waals surface area contributed by atoms with Gasteiger partial charge in [0, 0.05) is 31.6 Å². The lowest BCUT2D eigenvalue weighted by Crippen LogP contribution is -2.12. The molecule has 5 rings (SSSR count). The van der Waals surface area contributed by atoms with Gasteiger partial charge in [0.05, 0.1) is 28.8 Å². The van der Waals surface area contributed by atoms with E-state index in [4.69, 9.17) is 4.74 Å². The molecule has 0 unspecified atom stereocenters. The Bertz CT molecular complexity index is 1270. The van der Waals surface area contributed by atoms with Gasteiger partial charge in [-0.15, -0.1) is 0 Å². The fourth-order valence-electron chi connectivity index (χ4n) is 4.13. The normalized spacial score (nSPS) is 12.2. The summed E-state index contributed by atoms with van der Waals surface area (Å²) in [5.41, 5.74) is 8.40. The molecule has 0 aliphatic heterocycles. The van der Waals surface area contributed by atoms with Crippen molar-refractivity contribution in [3.63, 3.8) is 0 Å². The molecule has 4 aromatic rings. The molecule has 2 aromatic carbocycles. The number of rotatable bonds is 4. The van der Waals surface area contributed by atoms with Crippen LogP contribution in [0.1, 0.15) is 28.2 Å². The van der Waals surface area contributed by atoms with Crippen LogP contribution < -0.4 is 0 Å². The fourth-order valence-corrected chi connectivity index (χ4v) is 4.13. The molecule has 2 heterocycles. The third-order valence-electron chi connectivity index (χ3n) is 5.79. The van der Waals surface area contributed by atoms with Gasteiger partial charge in [-0.05, 0) is 30.2 Å². The van der Waals surface area contributed by atoms with Gasteiger partial charge in [0.2, 0.25) is 0 Å². The molecule has 0 amide bonds. The molecule has 146 valence electrons. The van der Waals surface area contributed by atoms with E-state index >= 15 is 0 Å². The minimum absolute atomic E-state index is 0.220. The molecular formula is C23H22N4O2. The summed E-state index contributed by atoms with van der Waals surface area (Å²) >= 11 is 0. The lowest BCUT2D eigenvalue weighted by atomic mass is 10.1. The number of fused-ring (bicyclic) bond motifs is 4. The van der Waals surface area contributed by atoms with Crippen molar-refractivity contribution in [3.05, 3.63) is 70.7 Å². The van der Waals surface area contributed by atoms with E-state index in [9.17, 15) is 4.79 Å². The predicted molar refractivity (Wildman–Crippen MR) is 110 cm³/mol. The van der Waals surface area contributed by atoms with Crippen molar-refractivity contribution in [1.29, 1.82) is 0 Å². The number of esters is 1. The second-order valence-electron chi connectivity index (χ2n) is 7.61. The van der Waals surface area contributed by atoms with Crippen LogP contribution in [0.4, 0.5) is 0 Å².